The Morgan fingerprint density at radius 1 is 1.32 bits per heavy atom. The predicted molar refractivity (Wildman–Crippen MR) is 86.3 cm³/mol. The lowest BCUT2D eigenvalue weighted by Gasteiger charge is -2.36. The number of rotatable bonds is 5. The van der Waals surface area contributed by atoms with Gasteiger partial charge in [0.25, 0.3) is 0 Å². The van der Waals surface area contributed by atoms with Gasteiger partial charge in [0.05, 0.1) is 16.7 Å². The molecule has 2 rings (SSSR count). The molecule has 0 radical (unpaired) electrons. The number of sulfonamides is 1. The van der Waals surface area contributed by atoms with Crippen LogP contribution >= 0.6 is 0 Å². The zero-order valence-electron chi connectivity index (χ0n) is 13.7. The van der Waals surface area contributed by atoms with Crippen molar-refractivity contribution in [2.45, 2.75) is 50.6 Å². The van der Waals surface area contributed by atoms with E-state index in [0.29, 0.717) is 19.0 Å². The molecule has 0 atom stereocenters. The summed E-state index contributed by atoms with van der Waals surface area (Å²) in [6.07, 6.45) is -1.56. The van der Waals surface area contributed by atoms with Crippen LogP contribution < -0.4 is 10.5 Å². The first-order valence-electron chi connectivity index (χ1n) is 7.90. The van der Waals surface area contributed by atoms with Gasteiger partial charge in [-0.25, -0.2) is 13.4 Å². The molecular weight excluding hydrogens is 359 g/mol. The van der Waals surface area contributed by atoms with Gasteiger partial charge >= 0.3 is 6.18 Å². The monoisotopic (exact) mass is 379 g/mol. The number of hydrogen-bond donors (Lipinski definition) is 2. The van der Waals surface area contributed by atoms with E-state index in [1.807, 2.05) is 0 Å². The predicted octanol–water partition coefficient (Wildman–Crippen LogP) is 2.55. The molecule has 6 nitrogen and oxygen atoms in total. The van der Waals surface area contributed by atoms with E-state index in [2.05, 4.69) is 9.71 Å². The number of anilines is 1. The van der Waals surface area contributed by atoms with E-state index in [4.69, 9.17) is 5.73 Å². The van der Waals surface area contributed by atoms with Crippen LogP contribution in [0.5, 0.6) is 0 Å². The molecule has 0 bridgehead atoms. The van der Waals surface area contributed by atoms with Crippen LogP contribution in [-0.4, -0.2) is 25.1 Å². The van der Waals surface area contributed by atoms with Crippen molar-refractivity contribution in [1.29, 1.82) is 0 Å². The first-order valence-corrected chi connectivity index (χ1v) is 9.55. The number of halogens is 3. The smallest absolute Gasteiger partial charge is 0.369 e. The van der Waals surface area contributed by atoms with E-state index in [1.54, 1.807) is 0 Å². The van der Waals surface area contributed by atoms with Gasteiger partial charge in [0.15, 0.2) is 0 Å². The van der Waals surface area contributed by atoms with Crippen LogP contribution in [-0.2, 0) is 26.4 Å². The summed E-state index contributed by atoms with van der Waals surface area (Å²) in [7, 11) is -3.78. The molecule has 0 aromatic carbocycles. The Balaban J connectivity index is 2.67. The van der Waals surface area contributed by atoms with Gasteiger partial charge in [-0.3, -0.25) is 9.52 Å². The number of nitrogens with two attached hydrogens (primary N) is 1. The lowest BCUT2D eigenvalue weighted by molar-refractivity contribution is -0.138. The zero-order chi connectivity index (χ0) is 18.9. The van der Waals surface area contributed by atoms with Crippen LogP contribution in [0.3, 0.4) is 0 Å². The fourth-order valence-electron chi connectivity index (χ4n) is 3.09. The Kier molecular flexibility index (Phi) is 5.31. The molecule has 1 aromatic heterocycles. The number of primary amides is 1. The van der Waals surface area contributed by atoms with Gasteiger partial charge in [-0.1, -0.05) is 19.3 Å². The third-order valence-corrected chi connectivity index (χ3v) is 5.81. The van der Waals surface area contributed by atoms with Crippen molar-refractivity contribution in [3.63, 3.8) is 0 Å². The van der Waals surface area contributed by atoms with Crippen LogP contribution in [0.1, 0.15) is 50.2 Å². The minimum absolute atomic E-state index is 0.105. The van der Waals surface area contributed by atoms with Gasteiger partial charge in [-0.05, 0) is 25.8 Å². The molecule has 1 amide bonds. The van der Waals surface area contributed by atoms with Crippen LogP contribution in [0.15, 0.2) is 12.3 Å². The molecule has 140 valence electrons. The largest absolute Gasteiger partial charge is 0.417 e. The van der Waals surface area contributed by atoms with E-state index in [1.165, 1.54) is 6.92 Å². The number of nitrogens with one attached hydrogen (secondary N) is 1. The van der Waals surface area contributed by atoms with Crippen molar-refractivity contribution >= 4 is 21.7 Å². The highest BCUT2D eigenvalue weighted by molar-refractivity contribution is 7.92. The molecule has 1 saturated carbocycles. The highest BCUT2D eigenvalue weighted by atomic mass is 32.2. The van der Waals surface area contributed by atoms with Crippen molar-refractivity contribution in [3.05, 3.63) is 23.4 Å². The van der Waals surface area contributed by atoms with Gasteiger partial charge in [0, 0.05) is 11.8 Å². The minimum atomic E-state index is -4.67. The number of hydrogen-bond acceptors (Lipinski definition) is 4. The van der Waals surface area contributed by atoms with Crippen LogP contribution in [0.25, 0.3) is 0 Å². The molecule has 1 heterocycles. The maximum atomic E-state index is 13.1. The fraction of sp³-hybridized carbons (Fsp3) is 0.600. The Bertz CT molecular complexity index is 757. The topological polar surface area (TPSA) is 102 Å². The second-order valence-corrected chi connectivity index (χ2v) is 8.14. The van der Waals surface area contributed by atoms with E-state index >= 15 is 0 Å². The zero-order valence-corrected chi connectivity index (χ0v) is 14.5. The summed E-state index contributed by atoms with van der Waals surface area (Å²) in [5, 5.41) is 0. The van der Waals surface area contributed by atoms with Gasteiger partial charge < -0.3 is 5.73 Å². The summed E-state index contributed by atoms with van der Waals surface area (Å²) >= 11 is 0. The quantitative estimate of drug-likeness (QED) is 0.821. The van der Waals surface area contributed by atoms with E-state index in [0.717, 1.165) is 12.5 Å². The number of carbonyl (C=O) groups excluding carboxylic acids is 1. The highest BCUT2D eigenvalue weighted by Gasteiger charge is 2.44. The van der Waals surface area contributed by atoms with Crippen LogP contribution in [0, 0.1) is 0 Å². The maximum Gasteiger partial charge on any atom is 0.417 e. The molecule has 0 aliphatic heterocycles. The summed E-state index contributed by atoms with van der Waals surface area (Å²) < 4.78 is 65.2. The van der Waals surface area contributed by atoms with Crippen molar-refractivity contribution in [2.24, 2.45) is 5.73 Å². The van der Waals surface area contributed by atoms with Gasteiger partial charge in [-0.2, -0.15) is 13.2 Å². The van der Waals surface area contributed by atoms with Gasteiger partial charge in [0.1, 0.15) is 5.82 Å². The third-order valence-electron chi connectivity index (χ3n) is 4.54. The van der Waals surface area contributed by atoms with Crippen molar-refractivity contribution < 1.29 is 26.4 Å². The lowest BCUT2D eigenvalue weighted by atomic mass is 9.68. The average Bonchev–Trinajstić information content (AvgIpc) is 2.54. The van der Waals surface area contributed by atoms with Crippen LogP contribution in [0.2, 0.25) is 0 Å². The molecule has 0 unspecified atom stereocenters. The molecule has 0 saturated heterocycles. The van der Waals surface area contributed by atoms with Crippen molar-refractivity contribution in [1.82, 2.24) is 4.98 Å². The summed E-state index contributed by atoms with van der Waals surface area (Å²) in [4.78, 5) is 15.8. The van der Waals surface area contributed by atoms with Crippen molar-refractivity contribution in [3.8, 4) is 0 Å². The number of amides is 1. The second kappa shape index (κ2) is 6.81. The maximum absolute atomic E-state index is 13.1. The first kappa shape index (κ1) is 19.5. The molecular formula is C15H20F3N3O3S. The van der Waals surface area contributed by atoms with Gasteiger partial charge in [0.2, 0.25) is 15.9 Å². The third kappa shape index (κ3) is 4.05. The molecule has 1 aliphatic carbocycles. The van der Waals surface area contributed by atoms with E-state index < -0.39 is 33.1 Å². The molecule has 10 heteroatoms. The number of alkyl halides is 3. The van der Waals surface area contributed by atoms with Gasteiger partial charge in [-0.15, -0.1) is 0 Å². The normalized spacial score (nSPS) is 17.9. The standard InChI is InChI=1S/C15H20F3N3O3S/c1-2-25(23,24)21-12-11(8-10(9-20-12)15(16,17)18)14(13(19)22)6-4-3-5-7-14/h8-9H,2-7H2,1H3,(H2,19,22)(H,20,21). The lowest BCUT2D eigenvalue weighted by Crippen LogP contribution is -2.43. The molecule has 1 aromatic rings. The summed E-state index contributed by atoms with van der Waals surface area (Å²) in [6.45, 7) is 1.39. The summed E-state index contributed by atoms with van der Waals surface area (Å²) in [5.74, 6) is -1.32. The van der Waals surface area contributed by atoms with Crippen molar-refractivity contribution in [2.75, 3.05) is 10.5 Å². The molecule has 3 N–H and O–H groups in total. The minimum Gasteiger partial charge on any atom is -0.369 e. The Hall–Kier alpha value is -1.84. The fourth-order valence-corrected chi connectivity index (χ4v) is 3.69. The highest BCUT2D eigenvalue weighted by Crippen LogP contribution is 2.44. The Labute approximate surface area is 144 Å². The molecule has 0 spiro atoms. The average molecular weight is 379 g/mol. The molecule has 1 aliphatic rings. The second-order valence-electron chi connectivity index (χ2n) is 6.13. The summed E-state index contributed by atoms with van der Waals surface area (Å²) in [6, 6.07) is 0.788. The number of nitrogens with zero attached hydrogens (tertiary/aromatic N) is 1. The van der Waals surface area contributed by atoms with Crippen LogP contribution in [0.4, 0.5) is 19.0 Å². The number of aromatic nitrogens is 1. The SMILES string of the molecule is CCS(=O)(=O)Nc1ncc(C(F)(F)F)cc1C1(C(N)=O)CCCCC1. The first-order chi connectivity index (χ1) is 11.5. The van der Waals surface area contributed by atoms with E-state index in [-0.39, 0.29) is 30.0 Å². The Morgan fingerprint density at radius 3 is 2.40 bits per heavy atom. The molecule has 1 fully saturated rings. The Morgan fingerprint density at radius 2 is 1.92 bits per heavy atom. The van der Waals surface area contributed by atoms with E-state index in [9.17, 15) is 26.4 Å². The summed E-state index contributed by atoms with van der Waals surface area (Å²) in [5.41, 5.74) is 3.02. The molecule has 25 heavy (non-hydrogen) atoms. The number of carbonyl (C=O) groups is 1. The number of pyridine rings is 1.